The average Bonchev–Trinajstić information content (AvgIpc) is 2.99. The molecule has 20 heavy (non-hydrogen) atoms. The zero-order chi connectivity index (χ0) is 13.8. The van der Waals surface area contributed by atoms with Gasteiger partial charge in [0.05, 0.1) is 13.2 Å². The van der Waals surface area contributed by atoms with Crippen molar-refractivity contribution in [3.63, 3.8) is 0 Å². The molecule has 0 atom stereocenters. The van der Waals surface area contributed by atoms with E-state index in [0.717, 1.165) is 38.3 Å². The van der Waals surface area contributed by atoms with Crippen molar-refractivity contribution in [2.24, 2.45) is 5.73 Å². The lowest BCUT2D eigenvalue weighted by Crippen LogP contribution is -2.32. The molecule has 1 aromatic rings. The quantitative estimate of drug-likeness (QED) is 0.918. The molecule has 3 nitrogen and oxygen atoms in total. The van der Waals surface area contributed by atoms with Crippen molar-refractivity contribution in [2.45, 2.75) is 50.0 Å². The Bertz CT molecular complexity index is 434. The predicted octanol–water partition coefficient (Wildman–Crippen LogP) is 3.01. The van der Waals surface area contributed by atoms with Gasteiger partial charge in [-0.05, 0) is 30.5 Å². The van der Waals surface area contributed by atoms with Crippen LogP contribution in [0.5, 0.6) is 5.75 Å². The summed E-state index contributed by atoms with van der Waals surface area (Å²) in [5.41, 5.74) is 7.63. The molecule has 1 aliphatic carbocycles. The smallest absolute Gasteiger partial charge is 0.120 e. The molecule has 1 aliphatic heterocycles. The highest BCUT2D eigenvalue weighted by molar-refractivity contribution is 5.35. The Labute approximate surface area is 121 Å². The molecule has 1 saturated heterocycles. The summed E-state index contributed by atoms with van der Waals surface area (Å²) in [7, 11) is 0. The molecule has 3 heteroatoms. The highest BCUT2D eigenvalue weighted by atomic mass is 16.5. The van der Waals surface area contributed by atoms with Crippen LogP contribution in [-0.4, -0.2) is 25.9 Å². The van der Waals surface area contributed by atoms with E-state index < -0.39 is 0 Å². The number of benzene rings is 1. The fraction of sp³-hybridized carbons (Fsp3) is 0.647. The first kappa shape index (κ1) is 13.9. The Hall–Kier alpha value is -1.06. The van der Waals surface area contributed by atoms with Gasteiger partial charge in [-0.2, -0.15) is 0 Å². The first-order valence-corrected chi connectivity index (χ1v) is 7.87. The standard InChI is InChI=1S/C17H25NO2/c18-13-17(8-1-2-9-17)14-4-3-5-16(12-14)20-15-6-10-19-11-7-15/h3-5,12,15H,1-2,6-11,13,18H2. The Morgan fingerprint density at radius 2 is 1.95 bits per heavy atom. The van der Waals surface area contributed by atoms with Gasteiger partial charge >= 0.3 is 0 Å². The molecule has 0 radical (unpaired) electrons. The van der Waals surface area contributed by atoms with Gasteiger partial charge in [0.1, 0.15) is 11.9 Å². The molecular weight excluding hydrogens is 250 g/mol. The summed E-state index contributed by atoms with van der Waals surface area (Å²) in [6, 6.07) is 8.61. The lowest BCUT2D eigenvalue weighted by molar-refractivity contribution is 0.0255. The highest BCUT2D eigenvalue weighted by Gasteiger charge is 2.34. The normalized spacial score (nSPS) is 22.9. The minimum absolute atomic E-state index is 0.190. The molecule has 1 heterocycles. The summed E-state index contributed by atoms with van der Waals surface area (Å²) in [6.45, 7) is 2.38. The third-order valence-electron chi connectivity index (χ3n) is 4.87. The van der Waals surface area contributed by atoms with E-state index in [9.17, 15) is 0 Å². The van der Waals surface area contributed by atoms with Crippen molar-refractivity contribution in [1.29, 1.82) is 0 Å². The number of ether oxygens (including phenoxy) is 2. The molecule has 0 aromatic heterocycles. The van der Waals surface area contributed by atoms with Crippen molar-refractivity contribution in [3.05, 3.63) is 29.8 Å². The van der Waals surface area contributed by atoms with Gasteiger partial charge in [0, 0.05) is 24.8 Å². The minimum Gasteiger partial charge on any atom is -0.490 e. The van der Waals surface area contributed by atoms with Crippen molar-refractivity contribution in [1.82, 2.24) is 0 Å². The van der Waals surface area contributed by atoms with E-state index in [1.54, 1.807) is 0 Å². The fourth-order valence-electron chi connectivity index (χ4n) is 3.55. The summed E-state index contributed by atoms with van der Waals surface area (Å²) >= 11 is 0. The van der Waals surface area contributed by atoms with E-state index in [1.165, 1.54) is 31.2 Å². The summed E-state index contributed by atoms with van der Waals surface area (Å²) in [6.07, 6.45) is 7.30. The Morgan fingerprint density at radius 1 is 1.20 bits per heavy atom. The third kappa shape index (κ3) is 2.84. The van der Waals surface area contributed by atoms with Crippen LogP contribution < -0.4 is 10.5 Å². The maximum absolute atomic E-state index is 6.12. The second kappa shape index (κ2) is 6.15. The van der Waals surface area contributed by atoms with E-state index in [-0.39, 0.29) is 5.41 Å². The van der Waals surface area contributed by atoms with E-state index in [0.29, 0.717) is 6.10 Å². The van der Waals surface area contributed by atoms with E-state index in [4.69, 9.17) is 15.2 Å². The highest BCUT2D eigenvalue weighted by Crippen LogP contribution is 2.41. The van der Waals surface area contributed by atoms with Crippen LogP contribution in [0.25, 0.3) is 0 Å². The van der Waals surface area contributed by atoms with Crippen molar-refractivity contribution < 1.29 is 9.47 Å². The summed E-state index contributed by atoms with van der Waals surface area (Å²) < 4.78 is 11.5. The van der Waals surface area contributed by atoms with Crippen molar-refractivity contribution in [2.75, 3.05) is 19.8 Å². The van der Waals surface area contributed by atoms with Crippen LogP contribution >= 0.6 is 0 Å². The van der Waals surface area contributed by atoms with Crippen LogP contribution in [0, 0.1) is 0 Å². The first-order valence-electron chi connectivity index (χ1n) is 7.87. The van der Waals surface area contributed by atoms with Gasteiger partial charge in [0.25, 0.3) is 0 Å². The van der Waals surface area contributed by atoms with Gasteiger partial charge < -0.3 is 15.2 Å². The summed E-state index contributed by atoms with van der Waals surface area (Å²) in [5.74, 6) is 0.995. The number of nitrogens with two attached hydrogens (primary N) is 1. The van der Waals surface area contributed by atoms with Gasteiger partial charge in [-0.3, -0.25) is 0 Å². The predicted molar refractivity (Wildman–Crippen MR) is 80.1 cm³/mol. The van der Waals surface area contributed by atoms with Gasteiger partial charge in [0.2, 0.25) is 0 Å². The second-order valence-electron chi connectivity index (χ2n) is 6.15. The molecular formula is C17H25NO2. The first-order chi connectivity index (χ1) is 9.82. The maximum atomic E-state index is 6.12. The van der Waals surface area contributed by atoms with Crippen LogP contribution in [0.3, 0.4) is 0 Å². The van der Waals surface area contributed by atoms with E-state index >= 15 is 0 Å². The molecule has 2 fully saturated rings. The lowest BCUT2D eigenvalue weighted by Gasteiger charge is -2.29. The molecule has 1 aromatic carbocycles. The zero-order valence-corrected chi connectivity index (χ0v) is 12.1. The lowest BCUT2D eigenvalue weighted by atomic mass is 9.79. The summed E-state index contributed by atoms with van der Waals surface area (Å²) in [5, 5.41) is 0. The van der Waals surface area contributed by atoms with Gasteiger partial charge in [-0.15, -0.1) is 0 Å². The maximum Gasteiger partial charge on any atom is 0.120 e. The molecule has 0 amide bonds. The van der Waals surface area contributed by atoms with Crippen molar-refractivity contribution in [3.8, 4) is 5.75 Å². The molecule has 0 unspecified atom stereocenters. The molecule has 0 spiro atoms. The van der Waals surface area contributed by atoms with Crippen LogP contribution in [0.4, 0.5) is 0 Å². The SMILES string of the molecule is NCC1(c2cccc(OC3CCOCC3)c2)CCCC1. The number of rotatable bonds is 4. The molecule has 0 bridgehead atoms. The molecule has 110 valence electrons. The largest absolute Gasteiger partial charge is 0.490 e. The molecule has 1 saturated carbocycles. The van der Waals surface area contributed by atoms with E-state index in [2.05, 4.69) is 24.3 Å². The Morgan fingerprint density at radius 3 is 2.65 bits per heavy atom. The van der Waals surface area contributed by atoms with Crippen LogP contribution in [0.2, 0.25) is 0 Å². The van der Waals surface area contributed by atoms with Gasteiger partial charge in [-0.1, -0.05) is 25.0 Å². The molecule has 2 aliphatic rings. The fourth-order valence-corrected chi connectivity index (χ4v) is 3.55. The molecule has 3 rings (SSSR count). The van der Waals surface area contributed by atoms with E-state index in [1.807, 2.05) is 0 Å². The van der Waals surface area contributed by atoms with Gasteiger partial charge in [0.15, 0.2) is 0 Å². The zero-order valence-electron chi connectivity index (χ0n) is 12.1. The Balaban J connectivity index is 1.75. The number of hydrogen-bond acceptors (Lipinski definition) is 3. The van der Waals surface area contributed by atoms with Crippen LogP contribution in [-0.2, 0) is 10.2 Å². The minimum atomic E-state index is 0.190. The van der Waals surface area contributed by atoms with Crippen molar-refractivity contribution >= 4 is 0 Å². The second-order valence-corrected chi connectivity index (χ2v) is 6.15. The Kier molecular flexibility index (Phi) is 4.27. The van der Waals surface area contributed by atoms with Crippen LogP contribution in [0.15, 0.2) is 24.3 Å². The average molecular weight is 275 g/mol. The number of hydrogen-bond donors (Lipinski definition) is 1. The molecule has 2 N–H and O–H groups in total. The topological polar surface area (TPSA) is 44.5 Å². The summed E-state index contributed by atoms with van der Waals surface area (Å²) in [4.78, 5) is 0. The van der Waals surface area contributed by atoms with Gasteiger partial charge in [-0.25, -0.2) is 0 Å². The van der Waals surface area contributed by atoms with Crippen LogP contribution in [0.1, 0.15) is 44.1 Å². The monoisotopic (exact) mass is 275 g/mol. The third-order valence-corrected chi connectivity index (χ3v) is 4.87.